The van der Waals surface area contributed by atoms with Gasteiger partial charge in [0, 0.05) is 25.8 Å². The van der Waals surface area contributed by atoms with Crippen LogP contribution < -0.4 is 5.32 Å². The first-order chi connectivity index (χ1) is 8.26. The molecule has 0 bridgehead atoms. The lowest BCUT2D eigenvalue weighted by atomic mass is 10.3. The van der Waals surface area contributed by atoms with Crippen molar-refractivity contribution in [3.63, 3.8) is 0 Å². The summed E-state index contributed by atoms with van der Waals surface area (Å²) in [6.45, 7) is 11.6. The first-order valence-electron chi connectivity index (χ1n) is 6.47. The molecule has 4 heteroatoms. The maximum absolute atomic E-state index is 4.36. The third-order valence-corrected chi connectivity index (χ3v) is 2.73. The van der Waals surface area contributed by atoms with Crippen LogP contribution in [0.3, 0.4) is 0 Å². The predicted octanol–water partition coefficient (Wildman–Crippen LogP) is 1.61. The van der Waals surface area contributed by atoms with Gasteiger partial charge in [0.05, 0.1) is 5.69 Å². The molecule has 4 nitrogen and oxygen atoms in total. The highest BCUT2D eigenvalue weighted by molar-refractivity contribution is 5.00. The second-order valence-corrected chi connectivity index (χ2v) is 4.21. The average Bonchev–Trinajstić information content (AvgIpc) is 2.33. The van der Waals surface area contributed by atoms with Crippen LogP contribution in [0.5, 0.6) is 0 Å². The Balaban J connectivity index is 2.19. The van der Waals surface area contributed by atoms with Crippen molar-refractivity contribution in [1.82, 2.24) is 20.2 Å². The Morgan fingerprint density at radius 2 is 2.12 bits per heavy atom. The summed E-state index contributed by atoms with van der Waals surface area (Å²) in [6.07, 6.45) is 3.04. The van der Waals surface area contributed by atoms with Crippen LogP contribution in [0.25, 0.3) is 0 Å². The predicted molar refractivity (Wildman–Crippen MR) is 70.9 cm³/mol. The number of hydrogen-bond acceptors (Lipinski definition) is 4. The van der Waals surface area contributed by atoms with Gasteiger partial charge in [-0.3, -0.25) is 0 Å². The van der Waals surface area contributed by atoms with E-state index in [0.29, 0.717) is 0 Å². The van der Waals surface area contributed by atoms with Crippen LogP contribution in [-0.4, -0.2) is 41.0 Å². The van der Waals surface area contributed by atoms with E-state index in [1.165, 1.54) is 13.0 Å². The van der Waals surface area contributed by atoms with Crippen LogP contribution in [0.1, 0.15) is 31.8 Å². The first-order valence-corrected chi connectivity index (χ1v) is 6.47. The highest BCUT2D eigenvalue weighted by Crippen LogP contribution is 1.94. The van der Waals surface area contributed by atoms with E-state index in [0.717, 1.165) is 37.7 Å². The quantitative estimate of drug-likeness (QED) is 0.696. The van der Waals surface area contributed by atoms with Crippen LogP contribution >= 0.6 is 0 Å². The highest BCUT2D eigenvalue weighted by Gasteiger charge is 2.00. The lowest BCUT2D eigenvalue weighted by Gasteiger charge is -2.19. The molecule has 1 heterocycles. The molecule has 0 aliphatic rings. The monoisotopic (exact) mass is 236 g/mol. The molecular formula is C13H24N4. The second kappa shape index (κ2) is 8.14. The molecule has 1 rings (SSSR count). The fourth-order valence-corrected chi connectivity index (χ4v) is 1.80. The summed E-state index contributed by atoms with van der Waals surface area (Å²) >= 11 is 0. The molecule has 96 valence electrons. The smallest absolute Gasteiger partial charge is 0.125 e. The third-order valence-electron chi connectivity index (χ3n) is 2.73. The summed E-state index contributed by atoms with van der Waals surface area (Å²) in [6, 6.07) is 1.96. The fraction of sp³-hybridized carbons (Fsp3) is 0.692. The topological polar surface area (TPSA) is 41.0 Å². The molecule has 17 heavy (non-hydrogen) atoms. The molecule has 0 radical (unpaired) electrons. The molecule has 0 atom stereocenters. The molecule has 1 aromatic rings. The molecule has 0 unspecified atom stereocenters. The Labute approximate surface area is 104 Å². The van der Waals surface area contributed by atoms with Crippen LogP contribution in [-0.2, 0) is 6.54 Å². The van der Waals surface area contributed by atoms with E-state index in [2.05, 4.69) is 34.0 Å². The summed E-state index contributed by atoms with van der Waals surface area (Å²) in [5.74, 6) is 0.838. The molecule has 0 fully saturated rings. The lowest BCUT2D eigenvalue weighted by molar-refractivity contribution is 0.287. The van der Waals surface area contributed by atoms with E-state index in [9.17, 15) is 0 Å². The van der Waals surface area contributed by atoms with Crippen molar-refractivity contribution in [2.45, 2.75) is 33.7 Å². The number of hydrogen-bond donors (Lipinski definition) is 1. The number of nitrogens with one attached hydrogen (secondary N) is 1. The van der Waals surface area contributed by atoms with Crippen molar-refractivity contribution in [2.75, 3.05) is 26.2 Å². The minimum atomic E-state index is 0.826. The van der Waals surface area contributed by atoms with Crippen molar-refractivity contribution >= 4 is 0 Å². The molecular weight excluding hydrogens is 212 g/mol. The average molecular weight is 236 g/mol. The Bertz CT molecular complexity index is 314. The van der Waals surface area contributed by atoms with Crippen LogP contribution in [0.2, 0.25) is 0 Å². The largest absolute Gasteiger partial charge is 0.310 e. The van der Waals surface area contributed by atoms with Gasteiger partial charge in [-0.25, -0.2) is 9.97 Å². The number of aryl methyl sites for hydroxylation is 1. The summed E-state index contributed by atoms with van der Waals surface area (Å²) in [5.41, 5.74) is 1.07. The minimum Gasteiger partial charge on any atom is -0.310 e. The van der Waals surface area contributed by atoms with Crippen molar-refractivity contribution < 1.29 is 0 Å². The Morgan fingerprint density at radius 3 is 2.76 bits per heavy atom. The van der Waals surface area contributed by atoms with Gasteiger partial charge in [-0.15, -0.1) is 0 Å². The molecule has 0 aliphatic carbocycles. The second-order valence-electron chi connectivity index (χ2n) is 4.21. The zero-order chi connectivity index (χ0) is 12.5. The maximum atomic E-state index is 4.36. The SMILES string of the molecule is CCCN(CC)CCNCc1ccnc(C)n1. The van der Waals surface area contributed by atoms with Gasteiger partial charge in [0.1, 0.15) is 5.82 Å². The fourth-order valence-electron chi connectivity index (χ4n) is 1.80. The van der Waals surface area contributed by atoms with Gasteiger partial charge < -0.3 is 10.2 Å². The van der Waals surface area contributed by atoms with Gasteiger partial charge in [-0.2, -0.15) is 0 Å². The van der Waals surface area contributed by atoms with Crippen LogP contribution in [0.15, 0.2) is 12.3 Å². The van der Waals surface area contributed by atoms with Crippen molar-refractivity contribution in [1.29, 1.82) is 0 Å². The van der Waals surface area contributed by atoms with Crippen molar-refractivity contribution in [2.24, 2.45) is 0 Å². The first kappa shape index (κ1) is 14.1. The third kappa shape index (κ3) is 5.75. The number of likely N-dealkylation sites (N-methyl/N-ethyl adjacent to an activating group) is 1. The van der Waals surface area contributed by atoms with Crippen molar-refractivity contribution in [3.05, 3.63) is 23.8 Å². The Morgan fingerprint density at radius 1 is 1.29 bits per heavy atom. The molecule has 0 saturated carbocycles. The Kier molecular flexibility index (Phi) is 6.74. The van der Waals surface area contributed by atoms with E-state index in [1.807, 2.05) is 19.2 Å². The van der Waals surface area contributed by atoms with Gasteiger partial charge in [-0.05, 0) is 32.5 Å². The van der Waals surface area contributed by atoms with Gasteiger partial charge >= 0.3 is 0 Å². The van der Waals surface area contributed by atoms with Crippen molar-refractivity contribution in [3.8, 4) is 0 Å². The number of rotatable bonds is 8. The van der Waals surface area contributed by atoms with Crippen LogP contribution in [0.4, 0.5) is 0 Å². The van der Waals surface area contributed by atoms with Gasteiger partial charge in [-0.1, -0.05) is 13.8 Å². The van der Waals surface area contributed by atoms with Gasteiger partial charge in [0.25, 0.3) is 0 Å². The number of aromatic nitrogens is 2. The van der Waals surface area contributed by atoms with Gasteiger partial charge in [0.15, 0.2) is 0 Å². The molecule has 1 N–H and O–H groups in total. The standard InChI is InChI=1S/C13H24N4/c1-4-9-17(5-2)10-8-14-11-13-6-7-15-12(3)16-13/h6-7,14H,4-5,8-11H2,1-3H3. The van der Waals surface area contributed by atoms with E-state index in [-0.39, 0.29) is 0 Å². The molecule has 0 aliphatic heterocycles. The number of nitrogens with zero attached hydrogens (tertiary/aromatic N) is 3. The molecule has 0 saturated heterocycles. The lowest BCUT2D eigenvalue weighted by Crippen LogP contribution is -2.32. The summed E-state index contributed by atoms with van der Waals surface area (Å²) in [7, 11) is 0. The molecule has 1 aromatic heterocycles. The minimum absolute atomic E-state index is 0.826. The zero-order valence-corrected chi connectivity index (χ0v) is 11.2. The Hall–Kier alpha value is -1.00. The van der Waals surface area contributed by atoms with E-state index >= 15 is 0 Å². The highest BCUT2D eigenvalue weighted by atomic mass is 15.1. The maximum Gasteiger partial charge on any atom is 0.125 e. The zero-order valence-electron chi connectivity index (χ0n) is 11.2. The van der Waals surface area contributed by atoms with E-state index in [4.69, 9.17) is 0 Å². The molecule has 0 amide bonds. The summed E-state index contributed by atoms with van der Waals surface area (Å²) in [4.78, 5) is 10.9. The molecule has 0 spiro atoms. The van der Waals surface area contributed by atoms with Crippen LogP contribution in [0, 0.1) is 6.92 Å². The summed E-state index contributed by atoms with van der Waals surface area (Å²) < 4.78 is 0. The van der Waals surface area contributed by atoms with E-state index < -0.39 is 0 Å². The normalized spacial score (nSPS) is 11.1. The molecule has 0 aromatic carbocycles. The summed E-state index contributed by atoms with van der Waals surface area (Å²) in [5, 5.41) is 3.42. The van der Waals surface area contributed by atoms with Gasteiger partial charge in [0.2, 0.25) is 0 Å². The van der Waals surface area contributed by atoms with E-state index in [1.54, 1.807) is 0 Å².